The third-order valence-electron chi connectivity index (χ3n) is 9.87. The monoisotopic (exact) mass is 388 g/mol. The number of allylic oxidation sites excluding steroid dienone is 1. The van der Waals surface area contributed by atoms with Gasteiger partial charge in [-0.15, -0.1) is 0 Å². The SMILES string of the molecule is CC(C)C(O)CC[C@@H](C)C1CCC2C1CCC1C2CC=C2CC(O)CCC21C. The molecule has 0 bridgehead atoms. The lowest BCUT2D eigenvalue weighted by Gasteiger charge is -2.55. The van der Waals surface area contributed by atoms with E-state index < -0.39 is 0 Å². The van der Waals surface area contributed by atoms with Crippen LogP contribution in [0.15, 0.2) is 11.6 Å². The molecule has 0 aliphatic heterocycles. The average Bonchev–Trinajstić information content (AvgIpc) is 3.10. The fourth-order valence-corrected chi connectivity index (χ4v) is 8.03. The van der Waals surface area contributed by atoms with Crippen LogP contribution in [0, 0.1) is 46.8 Å². The van der Waals surface area contributed by atoms with Crippen molar-refractivity contribution in [1.29, 1.82) is 0 Å². The van der Waals surface area contributed by atoms with Gasteiger partial charge >= 0.3 is 0 Å². The molecule has 2 N–H and O–H groups in total. The van der Waals surface area contributed by atoms with Crippen LogP contribution in [0.25, 0.3) is 0 Å². The summed E-state index contributed by atoms with van der Waals surface area (Å²) in [6, 6.07) is 0. The van der Waals surface area contributed by atoms with E-state index in [1.54, 1.807) is 5.57 Å². The molecule has 3 fully saturated rings. The number of hydrogen-bond acceptors (Lipinski definition) is 2. The highest BCUT2D eigenvalue weighted by Crippen LogP contribution is 2.62. The minimum atomic E-state index is -0.126. The number of fused-ring (bicyclic) bond motifs is 5. The molecule has 160 valence electrons. The quantitative estimate of drug-likeness (QED) is 0.570. The molecule has 0 aromatic rings. The maximum Gasteiger partial charge on any atom is 0.0577 e. The van der Waals surface area contributed by atoms with Crippen LogP contribution in [-0.4, -0.2) is 22.4 Å². The van der Waals surface area contributed by atoms with Crippen LogP contribution >= 0.6 is 0 Å². The van der Waals surface area contributed by atoms with Gasteiger partial charge in [0.05, 0.1) is 12.2 Å². The molecule has 0 spiro atoms. The fourth-order valence-electron chi connectivity index (χ4n) is 8.03. The number of aliphatic hydroxyl groups is 2. The second-order valence-corrected chi connectivity index (χ2v) is 11.6. The molecule has 0 amide bonds. The lowest BCUT2D eigenvalue weighted by Crippen LogP contribution is -2.47. The van der Waals surface area contributed by atoms with E-state index >= 15 is 0 Å². The Morgan fingerprint density at radius 2 is 1.75 bits per heavy atom. The zero-order chi connectivity index (χ0) is 20.1. The largest absolute Gasteiger partial charge is 0.393 e. The number of hydrogen-bond donors (Lipinski definition) is 2. The summed E-state index contributed by atoms with van der Waals surface area (Å²) in [6.45, 7) is 9.27. The summed E-state index contributed by atoms with van der Waals surface area (Å²) in [6.07, 6.45) is 14.6. The summed E-state index contributed by atoms with van der Waals surface area (Å²) in [4.78, 5) is 0. The summed E-state index contributed by atoms with van der Waals surface area (Å²) in [5, 5.41) is 20.4. The second-order valence-electron chi connectivity index (χ2n) is 11.6. The van der Waals surface area contributed by atoms with E-state index in [2.05, 4.69) is 33.8 Å². The Labute approximate surface area is 173 Å². The van der Waals surface area contributed by atoms with Gasteiger partial charge < -0.3 is 10.2 Å². The standard InChI is InChI=1S/C26H44O2/c1-16(2)25(28)12-5-17(3)20-8-9-22-21(20)10-11-24-23(22)7-6-18-15-19(27)13-14-26(18,24)4/h6,16-17,19-25,27-28H,5,7-15H2,1-4H3/t17-,19?,20?,21?,22?,23?,24?,25?,26?/m1/s1. The molecule has 0 radical (unpaired) electrons. The van der Waals surface area contributed by atoms with Crippen molar-refractivity contribution in [1.82, 2.24) is 0 Å². The smallest absolute Gasteiger partial charge is 0.0577 e. The van der Waals surface area contributed by atoms with Crippen LogP contribution in [0.2, 0.25) is 0 Å². The first-order valence-corrected chi connectivity index (χ1v) is 12.4. The van der Waals surface area contributed by atoms with E-state index in [-0.39, 0.29) is 12.2 Å². The van der Waals surface area contributed by atoms with Crippen LogP contribution in [0.5, 0.6) is 0 Å². The van der Waals surface area contributed by atoms with Crippen LogP contribution in [0.4, 0.5) is 0 Å². The molecule has 4 rings (SSSR count). The number of aliphatic hydroxyl groups excluding tert-OH is 2. The van der Waals surface area contributed by atoms with Gasteiger partial charge in [-0.3, -0.25) is 0 Å². The van der Waals surface area contributed by atoms with E-state index in [1.807, 2.05) is 0 Å². The molecule has 0 aromatic carbocycles. The van der Waals surface area contributed by atoms with E-state index in [4.69, 9.17) is 0 Å². The maximum atomic E-state index is 10.2. The Morgan fingerprint density at radius 1 is 1.00 bits per heavy atom. The van der Waals surface area contributed by atoms with Crippen LogP contribution in [-0.2, 0) is 0 Å². The Kier molecular flexibility index (Phi) is 6.02. The van der Waals surface area contributed by atoms with Crippen molar-refractivity contribution < 1.29 is 10.2 Å². The van der Waals surface area contributed by atoms with Crippen molar-refractivity contribution in [2.75, 3.05) is 0 Å². The van der Waals surface area contributed by atoms with Gasteiger partial charge in [-0.1, -0.05) is 39.3 Å². The molecule has 2 heteroatoms. The molecule has 28 heavy (non-hydrogen) atoms. The molecule has 4 aliphatic carbocycles. The Bertz CT molecular complexity index is 581. The third kappa shape index (κ3) is 3.62. The van der Waals surface area contributed by atoms with Crippen molar-refractivity contribution in [2.24, 2.45) is 46.8 Å². The summed E-state index contributed by atoms with van der Waals surface area (Å²) >= 11 is 0. The van der Waals surface area contributed by atoms with E-state index in [9.17, 15) is 10.2 Å². The molecule has 8 unspecified atom stereocenters. The summed E-state index contributed by atoms with van der Waals surface area (Å²) in [7, 11) is 0. The highest BCUT2D eigenvalue weighted by Gasteiger charge is 2.54. The van der Waals surface area contributed by atoms with E-state index in [0.29, 0.717) is 11.3 Å². The van der Waals surface area contributed by atoms with Crippen LogP contribution in [0.3, 0.4) is 0 Å². The molecule has 3 saturated carbocycles. The molecule has 0 saturated heterocycles. The van der Waals surface area contributed by atoms with Crippen LogP contribution < -0.4 is 0 Å². The topological polar surface area (TPSA) is 40.5 Å². The highest BCUT2D eigenvalue weighted by molar-refractivity contribution is 5.24. The lowest BCUT2D eigenvalue weighted by atomic mass is 9.50. The molecular weight excluding hydrogens is 344 g/mol. The molecule has 0 aromatic heterocycles. The lowest BCUT2D eigenvalue weighted by molar-refractivity contribution is -0.0157. The molecule has 2 nitrogen and oxygen atoms in total. The van der Waals surface area contributed by atoms with Crippen molar-refractivity contribution in [3.63, 3.8) is 0 Å². The predicted octanol–water partition coefficient (Wildman–Crippen LogP) is 5.97. The van der Waals surface area contributed by atoms with Gasteiger partial charge in [0, 0.05) is 0 Å². The maximum absolute atomic E-state index is 10.2. The van der Waals surface area contributed by atoms with Gasteiger partial charge in [-0.05, 0) is 111 Å². The van der Waals surface area contributed by atoms with Crippen molar-refractivity contribution in [3.05, 3.63) is 11.6 Å². The Balaban J connectivity index is 1.43. The van der Waals surface area contributed by atoms with Gasteiger partial charge in [0.1, 0.15) is 0 Å². The van der Waals surface area contributed by atoms with Crippen LogP contribution in [0.1, 0.15) is 91.9 Å². The summed E-state index contributed by atoms with van der Waals surface area (Å²) in [5.74, 6) is 5.64. The third-order valence-corrected chi connectivity index (χ3v) is 9.87. The van der Waals surface area contributed by atoms with Crippen molar-refractivity contribution >= 4 is 0 Å². The zero-order valence-corrected chi connectivity index (χ0v) is 18.7. The summed E-state index contributed by atoms with van der Waals surface area (Å²) < 4.78 is 0. The Morgan fingerprint density at radius 3 is 2.50 bits per heavy atom. The first-order valence-electron chi connectivity index (χ1n) is 12.4. The Hall–Kier alpha value is -0.340. The van der Waals surface area contributed by atoms with Gasteiger partial charge in [-0.25, -0.2) is 0 Å². The molecule has 0 heterocycles. The molecular formula is C26H44O2. The zero-order valence-electron chi connectivity index (χ0n) is 18.7. The minimum Gasteiger partial charge on any atom is -0.393 e. The van der Waals surface area contributed by atoms with E-state index in [0.717, 1.165) is 54.8 Å². The molecule has 4 aliphatic rings. The first-order chi connectivity index (χ1) is 13.3. The summed E-state index contributed by atoms with van der Waals surface area (Å²) in [5.41, 5.74) is 1.97. The van der Waals surface area contributed by atoms with Crippen molar-refractivity contribution in [2.45, 2.75) is 104 Å². The first kappa shape index (κ1) is 20.9. The average molecular weight is 389 g/mol. The van der Waals surface area contributed by atoms with Gasteiger partial charge in [0.25, 0.3) is 0 Å². The second kappa shape index (κ2) is 8.06. The van der Waals surface area contributed by atoms with Gasteiger partial charge in [0.15, 0.2) is 0 Å². The van der Waals surface area contributed by atoms with Gasteiger partial charge in [0.2, 0.25) is 0 Å². The predicted molar refractivity (Wildman–Crippen MR) is 116 cm³/mol. The normalized spacial score (nSPS) is 45.0. The fraction of sp³-hybridized carbons (Fsp3) is 0.923. The molecule has 9 atom stereocenters. The number of rotatable bonds is 5. The minimum absolute atomic E-state index is 0.0925. The van der Waals surface area contributed by atoms with E-state index in [1.165, 1.54) is 44.9 Å². The van der Waals surface area contributed by atoms with Crippen molar-refractivity contribution in [3.8, 4) is 0 Å². The highest BCUT2D eigenvalue weighted by atomic mass is 16.3. The van der Waals surface area contributed by atoms with Gasteiger partial charge in [-0.2, -0.15) is 0 Å².